The first-order valence-corrected chi connectivity index (χ1v) is 9.84. The predicted octanol–water partition coefficient (Wildman–Crippen LogP) is 4.39. The fourth-order valence-electron chi connectivity index (χ4n) is 3.42. The molecular formula is C24H27N3O2. The first-order chi connectivity index (χ1) is 13.9. The normalized spacial score (nSPS) is 10.8. The molecule has 0 atom stereocenters. The van der Waals surface area contributed by atoms with E-state index < -0.39 is 0 Å². The lowest BCUT2D eigenvalue weighted by Gasteiger charge is -2.08. The number of aromatic nitrogens is 2. The second-order valence-corrected chi connectivity index (χ2v) is 7.42. The van der Waals surface area contributed by atoms with Gasteiger partial charge in [-0.3, -0.25) is 9.59 Å². The molecule has 0 radical (unpaired) electrons. The van der Waals surface area contributed by atoms with Gasteiger partial charge < -0.3 is 5.32 Å². The summed E-state index contributed by atoms with van der Waals surface area (Å²) in [5, 5.41) is 7.54. The molecule has 3 rings (SSSR count). The van der Waals surface area contributed by atoms with Crippen molar-refractivity contribution in [3.63, 3.8) is 0 Å². The van der Waals surface area contributed by atoms with E-state index in [1.54, 1.807) is 0 Å². The average Bonchev–Trinajstić information content (AvgIpc) is 3.00. The highest BCUT2D eigenvalue weighted by Crippen LogP contribution is 2.18. The van der Waals surface area contributed by atoms with E-state index in [1.165, 1.54) is 0 Å². The maximum Gasteiger partial charge on any atom is 0.220 e. The zero-order chi connectivity index (χ0) is 21.0. The number of ketones is 1. The van der Waals surface area contributed by atoms with Gasteiger partial charge in [0.2, 0.25) is 5.91 Å². The van der Waals surface area contributed by atoms with Crippen LogP contribution < -0.4 is 5.32 Å². The molecule has 5 heteroatoms. The van der Waals surface area contributed by atoms with E-state index in [0.717, 1.165) is 33.8 Å². The summed E-state index contributed by atoms with van der Waals surface area (Å²) in [4.78, 5) is 24.8. The van der Waals surface area contributed by atoms with Gasteiger partial charge >= 0.3 is 0 Å². The Hall–Kier alpha value is -3.21. The minimum Gasteiger partial charge on any atom is -0.352 e. The molecule has 0 spiro atoms. The Balaban J connectivity index is 1.59. The molecule has 2 aromatic carbocycles. The Morgan fingerprint density at radius 1 is 0.966 bits per heavy atom. The number of rotatable bonds is 7. The number of carbonyl (C=O) groups excluding carboxylic acids is 2. The number of nitrogens with zero attached hydrogens (tertiary/aromatic N) is 2. The summed E-state index contributed by atoms with van der Waals surface area (Å²) in [6.07, 6.45) is 0.383. The van der Waals surface area contributed by atoms with Gasteiger partial charge in [0.1, 0.15) is 0 Å². The van der Waals surface area contributed by atoms with Crippen molar-refractivity contribution in [1.29, 1.82) is 0 Å². The van der Waals surface area contributed by atoms with Crippen LogP contribution in [0.15, 0.2) is 48.5 Å². The van der Waals surface area contributed by atoms with Crippen LogP contribution in [0.3, 0.4) is 0 Å². The molecule has 0 bridgehead atoms. The number of nitrogens with one attached hydrogen (secondary N) is 1. The highest BCUT2D eigenvalue weighted by Gasteiger charge is 2.15. The molecule has 0 aliphatic carbocycles. The van der Waals surface area contributed by atoms with E-state index >= 15 is 0 Å². The van der Waals surface area contributed by atoms with Crippen LogP contribution in [0.2, 0.25) is 0 Å². The number of carbonyl (C=O) groups is 2. The van der Waals surface area contributed by atoms with Gasteiger partial charge in [0, 0.05) is 36.2 Å². The van der Waals surface area contributed by atoms with Crippen LogP contribution in [-0.2, 0) is 11.3 Å². The first kappa shape index (κ1) is 20.5. The lowest BCUT2D eigenvalue weighted by atomic mass is 9.99. The molecule has 0 aliphatic heterocycles. The van der Waals surface area contributed by atoms with E-state index in [4.69, 9.17) is 0 Å². The smallest absolute Gasteiger partial charge is 0.220 e. The molecule has 0 aliphatic rings. The summed E-state index contributed by atoms with van der Waals surface area (Å²) >= 11 is 0. The molecule has 1 N–H and O–H groups in total. The molecule has 150 valence electrons. The van der Waals surface area contributed by atoms with Crippen LogP contribution in [0.4, 0.5) is 0 Å². The van der Waals surface area contributed by atoms with Crippen LogP contribution in [0.5, 0.6) is 0 Å². The Morgan fingerprint density at radius 3 is 2.41 bits per heavy atom. The van der Waals surface area contributed by atoms with E-state index in [0.29, 0.717) is 12.1 Å². The van der Waals surface area contributed by atoms with Gasteiger partial charge in [0.05, 0.1) is 11.4 Å². The second kappa shape index (κ2) is 8.86. The van der Waals surface area contributed by atoms with Gasteiger partial charge in [-0.15, -0.1) is 0 Å². The van der Waals surface area contributed by atoms with E-state index in [1.807, 2.05) is 80.9 Å². The van der Waals surface area contributed by atoms with Gasteiger partial charge in [-0.25, -0.2) is 4.68 Å². The fraction of sp³-hybridized carbons (Fsp3) is 0.292. The van der Waals surface area contributed by atoms with Crippen molar-refractivity contribution in [2.24, 2.45) is 0 Å². The van der Waals surface area contributed by atoms with Crippen molar-refractivity contribution in [2.45, 2.75) is 47.1 Å². The number of aryl methyl sites for hydroxylation is 3. The lowest BCUT2D eigenvalue weighted by Crippen LogP contribution is -2.24. The molecule has 1 aromatic heterocycles. The van der Waals surface area contributed by atoms with E-state index in [-0.39, 0.29) is 24.5 Å². The quantitative estimate of drug-likeness (QED) is 0.610. The first-order valence-electron chi connectivity index (χ1n) is 9.84. The molecular weight excluding hydrogens is 362 g/mol. The summed E-state index contributed by atoms with van der Waals surface area (Å²) in [7, 11) is 0. The third-order valence-electron chi connectivity index (χ3n) is 5.18. The van der Waals surface area contributed by atoms with Crippen molar-refractivity contribution in [3.05, 3.63) is 82.2 Å². The molecule has 29 heavy (non-hydrogen) atoms. The molecule has 1 amide bonds. The fourth-order valence-corrected chi connectivity index (χ4v) is 3.42. The number of benzene rings is 2. The maximum absolute atomic E-state index is 12.5. The van der Waals surface area contributed by atoms with Gasteiger partial charge in [-0.2, -0.15) is 5.10 Å². The Bertz CT molecular complexity index is 1040. The van der Waals surface area contributed by atoms with E-state index in [9.17, 15) is 9.59 Å². The van der Waals surface area contributed by atoms with Gasteiger partial charge in [-0.1, -0.05) is 35.9 Å². The minimum absolute atomic E-state index is 0.00519. The van der Waals surface area contributed by atoms with Crippen LogP contribution in [0.1, 0.15) is 51.3 Å². The van der Waals surface area contributed by atoms with Gasteiger partial charge in [-0.05, 0) is 51.5 Å². The summed E-state index contributed by atoms with van der Waals surface area (Å²) in [5.74, 6) is -0.125. The number of hydrogen-bond acceptors (Lipinski definition) is 3. The average molecular weight is 389 g/mol. The molecule has 3 aromatic rings. The summed E-state index contributed by atoms with van der Waals surface area (Å²) < 4.78 is 1.89. The molecule has 0 unspecified atom stereocenters. The summed E-state index contributed by atoms with van der Waals surface area (Å²) in [6, 6.07) is 15.7. The Labute approximate surface area is 171 Å². The summed E-state index contributed by atoms with van der Waals surface area (Å²) in [5.41, 5.74) is 6.57. The predicted molar refractivity (Wildman–Crippen MR) is 114 cm³/mol. The van der Waals surface area contributed by atoms with Crippen molar-refractivity contribution < 1.29 is 9.59 Å². The number of amides is 1. The zero-order valence-electron chi connectivity index (χ0n) is 17.5. The molecule has 0 saturated heterocycles. The topological polar surface area (TPSA) is 64.0 Å². The largest absolute Gasteiger partial charge is 0.352 e. The number of hydrogen-bond donors (Lipinski definition) is 1. The third-order valence-corrected chi connectivity index (χ3v) is 5.18. The Kier molecular flexibility index (Phi) is 6.27. The zero-order valence-corrected chi connectivity index (χ0v) is 17.5. The number of Topliss-reactive ketones (excluding diaryl/α,β-unsaturated/α-hetero) is 1. The van der Waals surface area contributed by atoms with Crippen LogP contribution in [0.25, 0.3) is 5.69 Å². The Morgan fingerprint density at radius 2 is 1.69 bits per heavy atom. The van der Waals surface area contributed by atoms with Crippen LogP contribution in [0, 0.1) is 27.7 Å². The van der Waals surface area contributed by atoms with Crippen molar-refractivity contribution in [1.82, 2.24) is 15.1 Å². The van der Waals surface area contributed by atoms with Crippen LogP contribution >= 0.6 is 0 Å². The SMILES string of the molecule is Cc1ccc(C)c(C(=O)CCC(=O)NCc2c(C)nn(-c3ccccc3)c2C)c1. The highest BCUT2D eigenvalue weighted by molar-refractivity contribution is 5.99. The van der Waals surface area contributed by atoms with Crippen molar-refractivity contribution in [2.75, 3.05) is 0 Å². The monoisotopic (exact) mass is 389 g/mol. The second-order valence-electron chi connectivity index (χ2n) is 7.42. The summed E-state index contributed by atoms with van der Waals surface area (Å²) in [6.45, 7) is 8.23. The third kappa shape index (κ3) is 4.80. The van der Waals surface area contributed by atoms with Gasteiger partial charge in [0.25, 0.3) is 0 Å². The minimum atomic E-state index is -0.130. The number of para-hydroxylation sites is 1. The maximum atomic E-state index is 12.5. The van der Waals surface area contributed by atoms with Crippen molar-refractivity contribution in [3.8, 4) is 5.69 Å². The van der Waals surface area contributed by atoms with Crippen molar-refractivity contribution >= 4 is 11.7 Å². The standard InChI is InChI=1S/C24H27N3O2/c1-16-10-11-17(2)21(14-16)23(28)12-13-24(29)25-15-22-18(3)26-27(19(22)4)20-8-6-5-7-9-20/h5-11,14H,12-13,15H2,1-4H3,(H,25,29). The molecule has 5 nitrogen and oxygen atoms in total. The molecule has 0 saturated carbocycles. The lowest BCUT2D eigenvalue weighted by molar-refractivity contribution is -0.121. The molecule has 1 heterocycles. The van der Waals surface area contributed by atoms with Crippen LogP contribution in [-0.4, -0.2) is 21.5 Å². The van der Waals surface area contributed by atoms with E-state index in [2.05, 4.69) is 10.4 Å². The highest BCUT2D eigenvalue weighted by atomic mass is 16.2. The molecule has 0 fully saturated rings. The van der Waals surface area contributed by atoms with Gasteiger partial charge in [0.15, 0.2) is 5.78 Å².